The average Bonchev–Trinajstić information content (AvgIpc) is 3.12. The van der Waals surface area contributed by atoms with Crippen LogP contribution in [0.4, 0.5) is 5.69 Å². The number of amides is 2. The number of carbonyl (C=O) groups is 2. The molecule has 0 spiro atoms. The SMILES string of the molecule is CC(=O)Nc1ccc(S(=O)(=O)N2CCC[C@H]2C(=O)N2CCC(C)CC2)cc1. The summed E-state index contributed by atoms with van der Waals surface area (Å²) in [4.78, 5) is 26.0. The molecule has 2 fully saturated rings. The second kappa shape index (κ2) is 7.98. The highest BCUT2D eigenvalue weighted by molar-refractivity contribution is 7.89. The second-order valence-electron chi connectivity index (χ2n) is 7.49. The van der Waals surface area contributed by atoms with E-state index in [1.165, 1.54) is 23.4 Å². The molecule has 1 aromatic rings. The Hall–Kier alpha value is -1.93. The monoisotopic (exact) mass is 393 g/mol. The molecule has 2 saturated heterocycles. The number of benzene rings is 1. The maximum atomic E-state index is 13.1. The van der Waals surface area contributed by atoms with Gasteiger partial charge in [0.15, 0.2) is 0 Å². The van der Waals surface area contributed by atoms with Gasteiger partial charge in [0, 0.05) is 32.2 Å². The quantitative estimate of drug-likeness (QED) is 0.848. The van der Waals surface area contributed by atoms with Crippen molar-refractivity contribution >= 4 is 27.5 Å². The van der Waals surface area contributed by atoms with Gasteiger partial charge in [0.05, 0.1) is 4.90 Å². The van der Waals surface area contributed by atoms with Gasteiger partial charge < -0.3 is 10.2 Å². The van der Waals surface area contributed by atoms with Crippen LogP contribution in [0.25, 0.3) is 0 Å². The number of carbonyl (C=O) groups excluding carboxylic acids is 2. The number of nitrogens with one attached hydrogen (secondary N) is 1. The predicted octanol–water partition coefficient (Wildman–Crippen LogP) is 2.06. The molecule has 0 aliphatic carbocycles. The summed E-state index contributed by atoms with van der Waals surface area (Å²) in [5, 5.41) is 2.62. The third kappa shape index (κ3) is 4.32. The summed E-state index contributed by atoms with van der Waals surface area (Å²) in [6.07, 6.45) is 3.18. The minimum Gasteiger partial charge on any atom is -0.341 e. The molecule has 27 heavy (non-hydrogen) atoms. The number of hydrogen-bond donors (Lipinski definition) is 1. The van der Waals surface area contributed by atoms with Crippen molar-refractivity contribution in [1.29, 1.82) is 0 Å². The van der Waals surface area contributed by atoms with E-state index >= 15 is 0 Å². The van der Waals surface area contributed by atoms with E-state index in [9.17, 15) is 18.0 Å². The van der Waals surface area contributed by atoms with E-state index in [0.29, 0.717) is 44.1 Å². The van der Waals surface area contributed by atoms with Gasteiger partial charge in [0.25, 0.3) is 0 Å². The van der Waals surface area contributed by atoms with Crippen LogP contribution in [-0.4, -0.2) is 55.1 Å². The summed E-state index contributed by atoms with van der Waals surface area (Å²) < 4.78 is 27.5. The fourth-order valence-corrected chi connectivity index (χ4v) is 5.41. The lowest BCUT2D eigenvalue weighted by Gasteiger charge is -2.34. The fraction of sp³-hybridized carbons (Fsp3) is 0.579. The van der Waals surface area contributed by atoms with E-state index in [2.05, 4.69) is 12.2 Å². The maximum Gasteiger partial charge on any atom is 0.243 e. The van der Waals surface area contributed by atoms with Gasteiger partial charge in [-0.15, -0.1) is 0 Å². The first-order chi connectivity index (χ1) is 12.8. The Morgan fingerprint density at radius 1 is 1.04 bits per heavy atom. The summed E-state index contributed by atoms with van der Waals surface area (Å²) in [5.41, 5.74) is 0.540. The number of nitrogens with zero attached hydrogens (tertiary/aromatic N) is 2. The zero-order valence-electron chi connectivity index (χ0n) is 15.8. The Morgan fingerprint density at radius 3 is 2.26 bits per heavy atom. The number of sulfonamides is 1. The zero-order chi connectivity index (χ0) is 19.6. The Balaban J connectivity index is 1.76. The van der Waals surface area contributed by atoms with E-state index in [1.54, 1.807) is 12.1 Å². The van der Waals surface area contributed by atoms with Crippen molar-refractivity contribution in [1.82, 2.24) is 9.21 Å². The number of hydrogen-bond acceptors (Lipinski definition) is 4. The van der Waals surface area contributed by atoms with Crippen molar-refractivity contribution in [3.05, 3.63) is 24.3 Å². The molecule has 3 rings (SSSR count). The molecule has 0 bridgehead atoms. The molecule has 0 aromatic heterocycles. The van der Waals surface area contributed by atoms with E-state index in [1.807, 2.05) is 4.90 Å². The minimum absolute atomic E-state index is 0.0714. The molecule has 148 valence electrons. The molecule has 7 nitrogen and oxygen atoms in total. The highest BCUT2D eigenvalue weighted by Gasteiger charge is 2.41. The van der Waals surface area contributed by atoms with Gasteiger partial charge in [-0.25, -0.2) is 8.42 Å². The molecule has 0 unspecified atom stereocenters. The van der Waals surface area contributed by atoms with E-state index < -0.39 is 16.1 Å². The highest BCUT2D eigenvalue weighted by Crippen LogP contribution is 2.29. The van der Waals surface area contributed by atoms with Crippen LogP contribution in [0.3, 0.4) is 0 Å². The third-order valence-electron chi connectivity index (χ3n) is 5.37. The standard InChI is InChI=1S/C19H27N3O4S/c1-14-9-12-21(13-10-14)19(24)18-4-3-11-22(18)27(25,26)17-7-5-16(6-8-17)20-15(2)23/h5-8,14,18H,3-4,9-13H2,1-2H3,(H,20,23)/t18-/m0/s1. The van der Waals surface area contributed by atoms with Crippen LogP contribution in [0.1, 0.15) is 39.5 Å². The molecule has 2 amide bonds. The summed E-state index contributed by atoms with van der Waals surface area (Å²) in [6.45, 7) is 5.34. The molecule has 0 saturated carbocycles. The van der Waals surface area contributed by atoms with Gasteiger partial charge in [-0.05, 0) is 55.9 Å². The lowest BCUT2D eigenvalue weighted by atomic mass is 9.98. The first-order valence-corrected chi connectivity index (χ1v) is 10.9. The van der Waals surface area contributed by atoms with Crippen molar-refractivity contribution in [3.8, 4) is 0 Å². The van der Waals surface area contributed by atoms with Crippen molar-refractivity contribution in [2.45, 2.75) is 50.5 Å². The van der Waals surface area contributed by atoms with Gasteiger partial charge in [0.2, 0.25) is 21.8 Å². The average molecular weight is 394 g/mol. The molecule has 1 aromatic carbocycles. The summed E-state index contributed by atoms with van der Waals surface area (Å²) in [5.74, 6) is 0.323. The Labute approximate surface area is 160 Å². The van der Waals surface area contributed by atoms with Crippen LogP contribution in [0.15, 0.2) is 29.2 Å². The van der Waals surface area contributed by atoms with Gasteiger partial charge in [0.1, 0.15) is 6.04 Å². The Kier molecular flexibility index (Phi) is 5.86. The van der Waals surface area contributed by atoms with Gasteiger partial charge in [-0.3, -0.25) is 9.59 Å². The van der Waals surface area contributed by atoms with Crippen molar-refractivity contribution in [2.75, 3.05) is 25.0 Å². The van der Waals surface area contributed by atoms with Crippen LogP contribution < -0.4 is 5.32 Å². The molecule has 2 heterocycles. The van der Waals surface area contributed by atoms with Crippen LogP contribution in [0.5, 0.6) is 0 Å². The Morgan fingerprint density at radius 2 is 1.67 bits per heavy atom. The minimum atomic E-state index is -3.75. The van der Waals surface area contributed by atoms with Crippen LogP contribution in [0, 0.1) is 5.92 Å². The van der Waals surface area contributed by atoms with Gasteiger partial charge >= 0.3 is 0 Å². The number of likely N-dealkylation sites (tertiary alicyclic amines) is 1. The van der Waals surface area contributed by atoms with E-state index in [0.717, 1.165) is 12.8 Å². The zero-order valence-corrected chi connectivity index (χ0v) is 16.7. The highest BCUT2D eigenvalue weighted by atomic mass is 32.2. The lowest BCUT2D eigenvalue weighted by Crippen LogP contribution is -2.49. The van der Waals surface area contributed by atoms with E-state index in [-0.39, 0.29) is 16.7 Å². The molecule has 8 heteroatoms. The topological polar surface area (TPSA) is 86.8 Å². The van der Waals surface area contributed by atoms with Gasteiger partial charge in [-0.2, -0.15) is 4.31 Å². The summed E-state index contributed by atoms with van der Waals surface area (Å²) in [7, 11) is -3.75. The van der Waals surface area contributed by atoms with Crippen molar-refractivity contribution in [2.24, 2.45) is 5.92 Å². The summed E-state index contributed by atoms with van der Waals surface area (Å²) >= 11 is 0. The van der Waals surface area contributed by atoms with Crippen molar-refractivity contribution in [3.63, 3.8) is 0 Å². The largest absolute Gasteiger partial charge is 0.341 e. The van der Waals surface area contributed by atoms with Crippen LogP contribution in [-0.2, 0) is 19.6 Å². The smallest absolute Gasteiger partial charge is 0.243 e. The molecule has 2 aliphatic rings. The predicted molar refractivity (Wildman–Crippen MR) is 103 cm³/mol. The number of anilines is 1. The number of piperidine rings is 1. The third-order valence-corrected chi connectivity index (χ3v) is 7.29. The molecule has 2 aliphatic heterocycles. The molecule has 1 N–H and O–H groups in total. The lowest BCUT2D eigenvalue weighted by molar-refractivity contribution is -0.136. The molecular formula is C19H27N3O4S. The normalized spacial score (nSPS) is 22.0. The number of rotatable bonds is 4. The maximum absolute atomic E-state index is 13.1. The summed E-state index contributed by atoms with van der Waals surface area (Å²) in [6, 6.07) is 5.46. The van der Waals surface area contributed by atoms with Crippen LogP contribution >= 0.6 is 0 Å². The van der Waals surface area contributed by atoms with E-state index in [4.69, 9.17) is 0 Å². The molecular weight excluding hydrogens is 366 g/mol. The second-order valence-corrected chi connectivity index (χ2v) is 9.38. The first kappa shape index (κ1) is 19.8. The van der Waals surface area contributed by atoms with Crippen LogP contribution in [0.2, 0.25) is 0 Å². The molecule has 0 radical (unpaired) electrons. The van der Waals surface area contributed by atoms with Crippen molar-refractivity contribution < 1.29 is 18.0 Å². The fourth-order valence-electron chi connectivity index (χ4n) is 3.76. The first-order valence-electron chi connectivity index (χ1n) is 9.47. The Bertz CT molecular complexity index is 799. The van der Waals surface area contributed by atoms with Gasteiger partial charge in [-0.1, -0.05) is 6.92 Å². The molecule has 1 atom stereocenters.